The molecule has 0 aromatic rings. The summed E-state index contributed by atoms with van der Waals surface area (Å²) in [6.07, 6.45) is 19.5. The molecule has 112 valence electrons. The van der Waals surface area contributed by atoms with E-state index in [4.69, 9.17) is 4.99 Å². The Bertz CT molecular complexity index is 386. The maximum absolute atomic E-state index is 5.35. The lowest BCUT2D eigenvalue weighted by atomic mass is 9.64. The van der Waals surface area contributed by atoms with E-state index in [9.17, 15) is 0 Å². The maximum Gasteiger partial charge on any atom is 0.111 e. The number of hydrogen-bond acceptors (Lipinski definition) is 2. The summed E-state index contributed by atoms with van der Waals surface area (Å²) >= 11 is 0. The van der Waals surface area contributed by atoms with Crippen LogP contribution in [0.1, 0.15) is 89.9 Å². The summed E-state index contributed by atoms with van der Waals surface area (Å²) in [5.74, 6) is 0.782. The van der Waals surface area contributed by atoms with Gasteiger partial charge in [-0.3, -0.25) is 10.3 Å². The number of fused-ring (bicyclic) bond motifs is 2. The second kappa shape index (κ2) is 5.12. The van der Waals surface area contributed by atoms with Crippen molar-refractivity contribution in [3.8, 4) is 0 Å². The molecule has 1 atom stereocenters. The van der Waals surface area contributed by atoms with Gasteiger partial charge in [-0.25, -0.2) is 0 Å². The molecule has 2 heteroatoms. The first-order valence-electron chi connectivity index (χ1n) is 9.20. The minimum Gasteiger partial charge on any atom is -0.287 e. The highest BCUT2D eigenvalue weighted by Crippen LogP contribution is 2.47. The molecule has 1 N–H and O–H groups in total. The van der Waals surface area contributed by atoms with E-state index in [1.807, 2.05) is 0 Å². The van der Waals surface area contributed by atoms with E-state index in [1.54, 1.807) is 5.71 Å². The van der Waals surface area contributed by atoms with Crippen molar-refractivity contribution in [2.45, 2.75) is 101 Å². The van der Waals surface area contributed by atoms with Gasteiger partial charge in [-0.2, -0.15) is 0 Å². The van der Waals surface area contributed by atoms with Crippen LogP contribution >= 0.6 is 0 Å². The molecule has 20 heavy (non-hydrogen) atoms. The number of nitrogens with one attached hydrogen (secondary N) is 1. The lowest BCUT2D eigenvalue weighted by Gasteiger charge is -2.56. The molecule has 3 saturated carbocycles. The van der Waals surface area contributed by atoms with Gasteiger partial charge >= 0.3 is 0 Å². The van der Waals surface area contributed by atoms with Crippen molar-refractivity contribution in [3.05, 3.63) is 0 Å². The number of aliphatic imine (C=N–C) groups is 1. The Kier molecular flexibility index (Phi) is 3.41. The largest absolute Gasteiger partial charge is 0.287 e. The zero-order valence-electron chi connectivity index (χ0n) is 12.9. The Hall–Kier alpha value is -0.370. The fourth-order valence-corrected chi connectivity index (χ4v) is 5.61. The van der Waals surface area contributed by atoms with Crippen LogP contribution in [-0.2, 0) is 0 Å². The van der Waals surface area contributed by atoms with Crippen LogP contribution in [0.15, 0.2) is 4.99 Å². The quantitative estimate of drug-likeness (QED) is 0.686. The highest BCUT2D eigenvalue weighted by Gasteiger charge is 2.51. The smallest absolute Gasteiger partial charge is 0.111 e. The lowest BCUT2D eigenvalue weighted by molar-refractivity contribution is 0.0748. The molecule has 0 bridgehead atoms. The van der Waals surface area contributed by atoms with Gasteiger partial charge < -0.3 is 0 Å². The average molecular weight is 274 g/mol. The Morgan fingerprint density at radius 3 is 2.25 bits per heavy atom. The summed E-state index contributed by atoms with van der Waals surface area (Å²) in [6.45, 7) is 0. The third kappa shape index (κ3) is 2.15. The van der Waals surface area contributed by atoms with Crippen molar-refractivity contribution in [2.24, 2.45) is 10.9 Å². The van der Waals surface area contributed by atoms with Gasteiger partial charge in [-0.1, -0.05) is 32.1 Å². The summed E-state index contributed by atoms with van der Waals surface area (Å²) < 4.78 is 0. The van der Waals surface area contributed by atoms with Crippen LogP contribution in [0.4, 0.5) is 0 Å². The predicted molar refractivity (Wildman–Crippen MR) is 84.2 cm³/mol. The van der Waals surface area contributed by atoms with Crippen LogP contribution in [-0.4, -0.2) is 16.9 Å². The summed E-state index contributed by atoms with van der Waals surface area (Å²) in [5.41, 5.74) is 2.21. The maximum atomic E-state index is 5.35. The van der Waals surface area contributed by atoms with Gasteiger partial charge in [0, 0.05) is 17.2 Å². The molecular weight excluding hydrogens is 244 g/mol. The highest BCUT2D eigenvalue weighted by atomic mass is 15.2. The predicted octanol–water partition coefficient (Wildman–Crippen LogP) is 4.58. The SMILES string of the molecule is C1CCC2(CC1)N=C1CCCCC1C1(CCCCC1)N2. The zero-order valence-corrected chi connectivity index (χ0v) is 12.9. The van der Waals surface area contributed by atoms with Gasteiger partial charge in [0.2, 0.25) is 0 Å². The van der Waals surface area contributed by atoms with Crippen LogP contribution in [0.2, 0.25) is 0 Å². The van der Waals surface area contributed by atoms with Gasteiger partial charge in [0.15, 0.2) is 0 Å². The van der Waals surface area contributed by atoms with Crippen molar-refractivity contribution in [2.75, 3.05) is 0 Å². The van der Waals surface area contributed by atoms with Crippen LogP contribution in [0, 0.1) is 5.92 Å². The van der Waals surface area contributed by atoms with E-state index in [0.29, 0.717) is 5.54 Å². The van der Waals surface area contributed by atoms with Gasteiger partial charge in [0.25, 0.3) is 0 Å². The second-order valence-corrected chi connectivity index (χ2v) is 7.84. The zero-order chi connectivity index (χ0) is 13.5. The Morgan fingerprint density at radius 2 is 1.50 bits per heavy atom. The Balaban J connectivity index is 1.70. The molecule has 2 spiro atoms. The van der Waals surface area contributed by atoms with Crippen molar-refractivity contribution in [1.82, 2.24) is 5.32 Å². The molecule has 0 amide bonds. The molecule has 1 heterocycles. The fourth-order valence-electron chi connectivity index (χ4n) is 5.61. The van der Waals surface area contributed by atoms with E-state index in [-0.39, 0.29) is 5.66 Å². The number of rotatable bonds is 0. The van der Waals surface area contributed by atoms with E-state index in [2.05, 4.69) is 5.32 Å². The first kappa shape index (κ1) is 13.3. The van der Waals surface area contributed by atoms with Crippen LogP contribution in [0.25, 0.3) is 0 Å². The summed E-state index contributed by atoms with van der Waals surface area (Å²) in [7, 11) is 0. The number of hydrogen-bond donors (Lipinski definition) is 1. The molecule has 1 aliphatic heterocycles. The van der Waals surface area contributed by atoms with Gasteiger partial charge in [0.1, 0.15) is 5.66 Å². The minimum absolute atomic E-state index is 0.152. The van der Waals surface area contributed by atoms with Gasteiger partial charge in [0.05, 0.1) is 0 Å². The average Bonchev–Trinajstić information content (AvgIpc) is 2.49. The molecular formula is C18H30N2. The first-order chi connectivity index (χ1) is 9.82. The Labute approximate surface area is 123 Å². The molecule has 3 aliphatic carbocycles. The topological polar surface area (TPSA) is 24.4 Å². The van der Waals surface area contributed by atoms with Gasteiger partial charge in [-0.05, 0) is 57.8 Å². The minimum atomic E-state index is 0.152. The van der Waals surface area contributed by atoms with Gasteiger partial charge in [-0.15, -0.1) is 0 Å². The van der Waals surface area contributed by atoms with Crippen molar-refractivity contribution < 1.29 is 0 Å². The molecule has 2 nitrogen and oxygen atoms in total. The molecule has 0 saturated heterocycles. The van der Waals surface area contributed by atoms with Crippen molar-refractivity contribution in [1.29, 1.82) is 0 Å². The van der Waals surface area contributed by atoms with Crippen LogP contribution in [0.3, 0.4) is 0 Å². The van der Waals surface area contributed by atoms with E-state index >= 15 is 0 Å². The van der Waals surface area contributed by atoms with Crippen LogP contribution < -0.4 is 5.32 Å². The van der Waals surface area contributed by atoms with E-state index in [0.717, 1.165) is 5.92 Å². The van der Waals surface area contributed by atoms with Crippen molar-refractivity contribution >= 4 is 5.71 Å². The van der Waals surface area contributed by atoms with Crippen LogP contribution in [0.5, 0.6) is 0 Å². The standard InChI is InChI=1S/C18H30N2/c1-5-11-17(12-6-1)15-9-3-4-10-16(15)19-18(20-17)13-7-2-8-14-18/h15,20H,1-14H2. The lowest BCUT2D eigenvalue weighted by Crippen LogP contribution is -2.67. The summed E-state index contributed by atoms with van der Waals surface area (Å²) in [4.78, 5) is 5.35. The summed E-state index contributed by atoms with van der Waals surface area (Å²) in [6, 6.07) is 0. The third-order valence-corrected chi connectivity index (χ3v) is 6.51. The molecule has 4 aliphatic rings. The number of nitrogens with zero attached hydrogens (tertiary/aromatic N) is 1. The van der Waals surface area contributed by atoms with Crippen molar-refractivity contribution in [3.63, 3.8) is 0 Å². The molecule has 1 unspecified atom stereocenters. The molecule has 0 aromatic carbocycles. The second-order valence-electron chi connectivity index (χ2n) is 7.84. The monoisotopic (exact) mass is 274 g/mol. The highest BCUT2D eigenvalue weighted by molar-refractivity contribution is 5.89. The van der Waals surface area contributed by atoms with E-state index < -0.39 is 0 Å². The molecule has 0 aromatic heterocycles. The fraction of sp³-hybridized carbons (Fsp3) is 0.944. The normalized spacial score (nSPS) is 35.6. The first-order valence-corrected chi connectivity index (χ1v) is 9.20. The van der Waals surface area contributed by atoms with E-state index in [1.165, 1.54) is 89.9 Å². The summed E-state index contributed by atoms with van der Waals surface area (Å²) in [5, 5.41) is 4.20. The molecule has 0 radical (unpaired) electrons. The third-order valence-electron chi connectivity index (χ3n) is 6.51. The molecule has 4 rings (SSSR count). The Morgan fingerprint density at radius 1 is 0.800 bits per heavy atom. The molecule has 3 fully saturated rings.